The molecule has 1 saturated carbocycles. The molecule has 2 heterocycles. The number of rotatable bonds is 4. The molecule has 122 valence electrons. The molecule has 2 aromatic heterocycles. The molecule has 0 atom stereocenters. The predicted molar refractivity (Wildman–Crippen MR) is 83.2 cm³/mol. The average molecular weight is 326 g/mol. The summed E-state index contributed by atoms with van der Waals surface area (Å²) in [6.45, 7) is 0. The van der Waals surface area contributed by atoms with Crippen LogP contribution in [0.3, 0.4) is 0 Å². The summed E-state index contributed by atoms with van der Waals surface area (Å²) in [7, 11) is 0. The number of nitrogens with two attached hydrogens (primary N) is 1. The van der Waals surface area contributed by atoms with E-state index in [1.165, 1.54) is 12.1 Å². The zero-order chi connectivity index (χ0) is 16.7. The Bertz CT molecular complexity index is 894. The van der Waals surface area contributed by atoms with E-state index in [0.29, 0.717) is 23.1 Å². The van der Waals surface area contributed by atoms with Crippen LogP contribution in [-0.4, -0.2) is 24.8 Å². The molecule has 2 N–H and O–H groups in total. The topological polar surface area (TPSA) is 126 Å². The van der Waals surface area contributed by atoms with E-state index in [9.17, 15) is 10.1 Å². The molecule has 1 aliphatic carbocycles. The molecule has 0 unspecified atom stereocenters. The van der Waals surface area contributed by atoms with Gasteiger partial charge in [-0.1, -0.05) is 5.16 Å². The molecule has 9 heteroatoms. The van der Waals surface area contributed by atoms with E-state index in [0.717, 1.165) is 19.3 Å². The van der Waals surface area contributed by atoms with Gasteiger partial charge in [-0.2, -0.15) is 10.1 Å². The monoisotopic (exact) mass is 326 g/mol. The number of nitro groups is 1. The van der Waals surface area contributed by atoms with Gasteiger partial charge >= 0.3 is 0 Å². The van der Waals surface area contributed by atoms with Gasteiger partial charge in [0.05, 0.1) is 16.1 Å². The maximum absolute atomic E-state index is 10.7. The van der Waals surface area contributed by atoms with Crippen molar-refractivity contribution in [3.05, 3.63) is 52.5 Å². The Labute approximate surface area is 136 Å². The van der Waals surface area contributed by atoms with Crippen molar-refractivity contribution < 1.29 is 9.45 Å². The molecule has 1 aliphatic rings. The van der Waals surface area contributed by atoms with Crippen LogP contribution in [0.5, 0.6) is 0 Å². The summed E-state index contributed by atoms with van der Waals surface area (Å²) in [6, 6.07) is 7.84. The van der Waals surface area contributed by atoms with Gasteiger partial charge in [0.2, 0.25) is 0 Å². The number of hydrogen-bond acceptors (Lipinski definition) is 7. The number of aromatic nitrogens is 4. The number of hydrogen-bond donors (Lipinski definition) is 1. The highest BCUT2D eigenvalue weighted by atomic mass is 16.6. The van der Waals surface area contributed by atoms with Crippen LogP contribution in [0.4, 0.5) is 5.69 Å². The van der Waals surface area contributed by atoms with Crippen LogP contribution in [0.15, 0.2) is 41.1 Å². The minimum atomic E-state index is -0.483. The minimum Gasteiger partial charge on any atom is -0.332 e. The number of nitrogens with zero attached hydrogens (tertiary/aromatic N) is 5. The van der Waals surface area contributed by atoms with Crippen molar-refractivity contribution in [2.75, 3.05) is 0 Å². The third-order valence-electron chi connectivity index (χ3n) is 4.25. The molecule has 1 aromatic carbocycles. The molecule has 0 radical (unpaired) electrons. The Morgan fingerprint density at radius 3 is 2.62 bits per heavy atom. The fourth-order valence-electron chi connectivity index (χ4n) is 2.62. The number of benzene rings is 1. The second kappa shape index (κ2) is 5.24. The van der Waals surface area contributed by atoms with Crippen molar-refractivity contribution in [1.82, 2.24) is 19.9 Å². The average Bonchev–Trinajstić information content (AvgIpc) is 3.22. The standard InChI is InChI=1S/C15H14N6O3/c16-15(7-1-8-15)14-17-13(24-19-14)12-6-9-20(18-12)10-2-4-11(5-3-10)21(22)23/h2-6,9H,1,7-8,16H2. The second-order valence-electron chi connectivity index (χ2n) is 5.85. The van der Waals surface area contributed by atoms with Crippen molar-refractivity contribution in [3.8, 4) is 17.3 Å². The zero-order valence-corrected chi connectivity index (χ0v) is 12.6. The van der Waals surface area contributed by atoms with Crippen LogP contribution in [-0.2, 0) is 5.54 Å². The molecule has 4 rings (SSSR count). The van der Waals surface area contributed by atoms with Gasteiger partial charge in [0, 0.05) is 18.3 Å². The highest BCUT2D eigenvalue weighted by Gasteiger charge is 2.39. The third kappa shape index (κ3) is 2.35. The lowest BCUT2D eigenvalue weighted by Gasteiger charge is -2.34. The molecule has 0 amide bonds. The van der Waals surface area contributed by atoms with E-state index in [1.807, 2.05) is 0 Å². The molecule has 9 nitrogen and oxygen atoms in total. The van der Waals surface area contributed by atoms with E-state index in [1.54, 1.807) is 29.1 Å². The minimum absolute atomic E-state index is 0.0291. The first-order valence-electron chi connectivity index (χ1n) is 7.49. The first kappa shape index (κ1) is 14.5. The van der Waals surface area contributed by atoms with Crippen LogP contribution in [0.1, 0.15) is 25.1 Å². The van der Waals surface area contributed by atoms with Gasteiger partial charge in [0.15, 0.2) is 11.5 Å². The summed E-state index contributed by atoms with van der Waals surface area (Å²) in [5, 5.41) is 19.0. The normalized spacial score (nSPS) is 15.9. The SMILES string of the molecule is NC1(c2noc(-c3ccn(-c4ccc([N+](=O)[O-])cc4)n3)n2)CCC1. The first-order chi connectivity index (χ1) is 11.5. The van der Waals surface area contributed by atoms with E-state index >= 15 is 0 Å². The van der Waals surface area contributed by atoms with E-state index in [-0.39, 0.29) is 5.69 Å². The first-order valence-corrected chi connectivity index (χ1v) is 7.49. The van der Waals surface area contributed by atoms with Gasteiger partial charge in [-0.05, 0) is 37.5 Å². The molecule has 0 aliphatic heterocycles. The third-order valence-corrected chi connectivity index (χ3v) is 4.25. The Morgan fingerprint density at radius 1 is 1.25 bits per heavy atom. The Balaban J connectivity index is 1.59. The summed E-state index contributed by atoms with van der Waals surface area (Å²) in [4.78, 5) is 14.6. The van der Waals surface area contributed by atoms with Crippen molar-refractivity contribution in [3.63, 3.8) is 0 Å². The van der Waals surface area contributed by atoms with E-state index < -0.39 is 10.5 Å². The van der Waals surface area contributed by atoms with E-state index in [2.05, 4.69) is 15.2 Å². The summed E-state index contributed by atoms with van der Waals surface area (Å²) in [6.07, 6.45) is 4.49. The highest BCUT2D eigenvalue weighted by Crippen LogP contribution is 2.37. The van der Waals surface area contributed by atoms with Crippen LogP contribution >= 0.6 is 0 Å². The summed E-state index contributed by atoms with van der Waals surface area (Å²) in [5.41, 5.74) is 6.95. The lowest BCUT2D eigenvalue weighted by molar-refractivity contribution is -0.384. The maximum Gasteiger partial charge on any atom is 0.278 e. The molecule has 1 fully saturated rings. The molecular formula is C15H14N6O3. The molecule has 0 bridgehead atoms. The number of non-ortho nitro benzene ring substituents is 1. The van der Waals surface area contributed by atoms with Gasteiger partial charge < -0.3 is 10.3 Å². The lowest BCUT2D eigenvalue weighted by atomic mass is 9.77. The molecule has 0 spiro atoms. The van der Waals surface area contributed by atoms with Gasteiger partial charge in [-0.15, -0.1) is 0 Å². The number of nitro benzene ring substituents is 1. The van der Waals surface area contributed by atoms with Crippen LogP contribution < -0.4 is 5.73 Å². The van der Waals surface area contributed by atoms with Crippen molar-refractivity contribution in [1.29, 1.82) is 0 Å². The zero-order valence-electron chi connectivity index (χ0n) is 12.6. The summed E-state index contributed by atoms with van der Waals surface area (Å²) in [5.74, 6) is 0.816. The fourth-order valence-corrected chi connectivity index (χ4v) is 2.62. The lowest BCUT2D eigenvalue weighted by Crippen LogP contribution is -2.44. The Morgan fingerprint density at radius 2 is 2.00 bits per heavy atom. The van der Waals surface area contributed by atoms with Crippen LogP contribution in [0.2, 0.25) is 0 Å². The second-order valence-corrected chi connectivity index (χ2v) is 5.85. The van der Waals surface area contributed by atoms with Gasteiger partial charge in [0.25, 0.3) is 11.6 Å². The summed E-state index contributed by atoms with van der Waals surface area (Å²) < 4.78 is 6.85. The molecular weight excluding hydrogens is 312 g/mol. The predicted octanol–water partition coefficient (Wildman–Crippen LogP) is 2.17. The molecule has 3 aromatic rings. The Hall–Kier alpha value is -3.07. The smallest absolute Gasteiger partial charge is 0.278 e. The van der Waals surface area contributed by atoms with Crippen LogP contribution in [0.25, 0.3) is 17.3 Å². The largest absolute Gasteiger partial charge is 0.332 e. The van der Waals surface area contributed by atoms with Gasteiger partial charge in [-0.25, -0.2) is 4.68 Å². The van der Waals surface area contributed by atoms with E-state index in [4.69, 9.17) is 10.3 Å². The molecule has 24 heavy (non-hydrogen) atoms. The maximum atomic E-state index is 10.7. The van der Waals surface area contributed by atoms with Crippen molar-refractivity contribution >= 4 is 5.69 Å². The van der Waals surface area contributed by atoms with Gasteiger partial charge in [-0.3, -0.25) is 10.1 Å². The van der Waals surface area contributed by atoms with Gasteiger partial charge in [0.1, 0.15) is 0 Å². The Kier molecular flexibility index (Phi) is 3.17. The van der Waals surface area contributed by atoms with Crippen molar-refractivity contribution in [2.24, 2.45) is 5.73 Å². The van der Waals surface area contributed by atoms with Crippen LogP contribution in [0, 0.1) is 10.1 Å². The fraction of sp³-hybridized carbons (Fsp3) is 0.267. The van der Waals surface area contributed by atoms with Crippen molar-refractivity contribution in [2.45, 2.75) is 24.8 Å². The highest BCUT2D eigenvalue weighted by molar-refractivity contribution is 5.48. The quantitative estimate of drug-likeness (QED) is 0.575. The summed E-state index contributed by atoms with van der Waals surface area (Å²) >= 11 is 0. The molecule has 0 saturated heterocycles.